The third-order valence-electron chi connectivity index (χ3n) is 4.23. The van der Waals surface area contributed by atoms with Gasteiger partial charge >= 0.3 is 5.97 Å². The molecule has 1 unspecified atom stereocenters. The number of nitrogens with one attached hydrogen (secondary N) is 1. The zero-order valence-electron chi connectivity index (χ0n) is 12.4. The van der Waals surface area contributed by atoms with Gasteiger partial charge < -0.3 is 10.4 Å². The van der Waals surface area contributed by atoms with Crippen LogP contribution in [-0.2, 0) is 0 Å². The number of thiophene rings is 1. The molecule has 1 aliphatic rings. The predicted octanol–water partition coefficient (Wildman–Crippen LogP) is 3.69. The van der Waals surface area contributed by atoms with Crippen LogP contribution in [0.25, 0.3) is 10.2 Å². The number of carboxylic acid groups (broad SMARTS) is 1. The Morgan fingerprint density at radius 2 is 2.24 bits per heavy atom. The van der Waals surface area contributed by atoms with Crippen LogP contribution in [0, 0.1) is 12.3 Å². The fraction of sp³-hybridized carbons (Fsp3) is 0.533. The van der Waals surface area contributed by atoms with E-state index in [0.29, 0.717) is 16.3 Å². The van der Waals surface area contributed by atoms with E-state index in [-0.39, 0.29) is 0 Å². The quantitative estimate of drug-likeness (QED) is 0.904. The van der Waals surface area contributed by atoms with Crippen molar-refractivity contribution in [3.63, 3.8) is 0 Å². The fourth-order valence-corrected chi connectivity index (χ4v) is 4.13. The molecular weight excluding hydrogens is 286 g/mol. The summed E-state index contributed by atoms with van der Waals surface area (Å²) in [4.78, 5) is 20.9. The summed E-state index contributed by atoms with van der Waals surface area (Å²) >= 11 is 1.21. The Hall–Kier alpha value is -1.69. The van der Waals surface area contributed by atoms with Crippen LogP contribution in [-0.4, -0.2) is 27.1 Å². The minimum atomic E-state index is -0.900. The molecule has 21 heavy (non-hydrogen) atoms. The number of hydrogen-bond donors (Lipinski definition) is 2. The second kappa shape index (κ2) is 4.94. The Labute approximate surface area is 127 Å². The van der Waals surface area contributed by atoms with E-state index in [1.54, 1.807) is 0 Å². The second-order valence-corrected chi connectivity index (χ2v) is 7.51. The highest BCUT2D eigenvalue weighted by Gasteiger charge is 2.31. The van der Waals surface area contributed by atoms with Gasteiger partial charge in [-0.15, -0.1) is 11.3 Å². The fourth-order valence-electron chi connectivity index (χ4n) is 3.14. The molecule has 0 spiro atoms. The van der Waals surface area contributed by atoms with E-state index in [1.807, 2.05) is 6.92 Å². The highest BCUT2D eigenvalue weighted by atomic mass is 32.1. The molecule has 0 amide bonds. The lowest BCUT2D eigenvalue weighted by Gasteiger charge is -2.18. The summed E-state index contributed by atoms with van der Waals surface area (Å²) in [6, 6.07) is 0.394. The first-order valence-corrected chi connectivity index (χ1v) is 7.93. The van der Waals surface area contributed by atoms with Crippen molar-refractivity contribution in [1.29, 1.82) is 0 Å². The van der Waals surface area contributed by atoms with Crippen LogP contribution >= 0.6 is 11.3 Å². The average molecular weight is 305 g/mol. The molecule has 0 radical (unpaired) electrons. The number of fused-ring (bicyclic) bond motifs is 1. The van der Waals surface area contributed by atoms with Gasteiger partial charge in [-0.3, -0.25) is 0 Å². The largest absolute Gasteiger partial charge is 0.477 e. The van der Waals surface area contributed by atoms with Gasteiger partial charge in [0.05, 0.1) is 5.39 Å². The van der Waals surface area contributed by atoms with Gasteiger partial charge in [-0.1, -0.05) is 13.8 Å². The monoisotopic (exact) mass is 305 g/mol. The van der Waals surface area contributed by atoms with Crippen LogP contribution in [0.3, 0.4) is 0 Å². The number of carboxylic acids is 1. The Bertz CT molecular complexity index is 708. The Kier molecular flexibility index (Phi) is 3.36. The highest BCUT2D eigenvalue weighted by Crippen LogP contribution is 2.40. The molecule has 0 bridgehead atoms. The van der Waals surface area contributed by atoms with Crippen molar-refractivity contribution in [3.05, 3.63) is 16.8 Å². The molecule has 0 saturated heterocycles. The molecular formula is C15H19N3O2S. The van der Waals surface area contributed by atoms with Gasteiger partial charge in [0.15, 0.2) is 0 Å². The lowest BCUT2D eigenvalue weighted by atomic mass is 9.92. The third-order valence-corrected chi connectivity index (χ3v) is 5.42. The predicted molar refractivity (Wildman–Crippen MR) is 84.2 cm³/mol. The van der Waals surface area contributed by atoms with Crippen LogP contribution in [0.15, 0.2) is 6.33 Å². The molecule has 2 N–H and O–H groups in total. The van der Waals surface area contributed by atoms with E-state index >= 15 is 0 Å². The highest BCUT2D eigenvalue weighted by molar-refractivity contribution is 7.20. The Balaban J connectivity index is 1.97. The molecule has 1 fully saturated rings. The van der Waals surface area contributed by atoms with Crippen molar-refractivity contribution in [2.24, 2.45) is 5.41 Å². The molecule has 0 aromatic carbocycles. The van der Waals surface area contributed by atoms with Gasteiger partial charge in [0.25, 0.3) is 0 Å². The molecule has 3 rings (SSSR count). The molecule has 1 aliphatic carbocycles. The van der Waals surface area contributed by atoms with Crippen LogP contribution in [0.5, 0.6) is 0 Å². The van der Waals surface area contributed by atoms with Crippen molar-refractivity contribution in [2.45, 2.75) is 46.1 Å². The summed E-state index contributed by atoms with van der Waals surface area (Å²) < 4.78 is 0. The number of aromatic nitrogens is 2. The molecule has 1 atom stereocenters. The number of carbonyl (C=O) groups is 1. The lowest BCUT2D eigenvalue weighted by molar-refractivity contribution is 0.0701. The minimum Gasteiger partial charge on any atom is -0.477 e. The van der Waals surface area contributed by atoms with Crippen molar-refractivity contribution in [3.8, 4) is 0 Å². The molecule has 0 aliphatic heterocycles. The first-order valence-electron chi connectivity index (χ1n) is 7.11. The topological polar surface area (TPSA) is 75.1 Å². The summed E-state index contributed by atoms with van der Waals surface area (Å²) in [5, 5.41) is 13.6. The number of anilines is 1. The maximum absolute atomic E-state index is 11.3. The van der Waals surface area contributed by atoms with Gasteiger partial charge in [0.1, 0.15) is 21.9 Å². The number of aromatic carboxylic acids is 1. The maximum atomic E-state index is 11.3. The first-order chi connectivity index (χ1) is 9.87. The summed E-state index contributed by atoms with van der Waals surface area (Å²) in [5.41, 5.74) is 1.11. The summed E-state index contributed by atoms with van der Waals surface area (Å²) in [6.07, 6.45) is 4.93. The van der Waals surface area contributed by atoms with Gasteiger partial charge in [-0.25, -0.2) is 14.8 Å². The van der Waals surface area contributed by atoms with Gasteiger partial charge in [0.2, 0.25) is 0 Å². The van der Waals surface area contributed by atoms with E-state index in [1.165, 1.54) is 24.1 Å². The Morgan fingerprint density at radius 3 is 2.86 bits per heavy atom. The van der Waals surface area contributed by atoms with Crippen LogP contribution in [0.1, 0.15) is 48.3 Å². The van der Waals surface area contributed by atoms with E-state index in [9.17, 15) is 9.90 Å². The number of rotatable bonds is 3. The van der Waals surface area contributed by atoms with Crippen molar-refractivity contribution < 1.29 is 9.90 Å². The van der Waals surface area contributed by atoms with E-state index < -0.39 is 5.97 Å². The molecule has 2 heterocycles. The number of aryl methyl sites for hydroxylation is 1. The van der Waals surface area contributed by atoms with E-state index in [4.69, 9.17) is 0 Å². The van der Waals surface area contributed by atoms with Gasteiger partial charge in [0, 0.05) is 6.04 Å². The van der Waals surface area contributed by atoms with Crippen molar-refractivity contribution in [1.82, 2.24) is 9.97 Å². The van der Waals surface area contributed by atoms with Crippen molar-refractivity contribution in [2.75, 3.05) is 5.32 Å². The summed E-state index contributed by atoms with van der Waals surface area (Å²) in [5.74, 6) is -0.132. The number of nitrogens with zero attached hydrogens (tertiary/aromatic N) is 2. The smallest absolute Gasteiger partial charge is 0.346 e. The van der Waals surface area contributed by atoms with Gasteiger partial charge in [-0.2, -0.15) is 0 Å². The van der Waals surface area contributed by atoms with Crippen molar-refractivity contribution >= 4 is 33.3 Å². The Morgan fingerprint density at radius 1 is 1.48 bits per heavy atom. The molecule has 5 nitrogen and oxygen atoms in total. The van der Waals surface area contributed by atoms with E-state index in [2.05, 4.69) is 29.1 Å². The molecule has 2 aromatic heterocycles. The summed E-state index contributed by atoms with van der Waals surface area (Å²) in [6.45, 7) is 6.39. The summed E-state index contributed by atoms with van der Waals surface area (Å²) in [7, 11) is 0. The van der Waals surface area contributed by atoms with E-state index in [0.717, 1.165) is 34.4 Å². The first kappa shape index (κ1) is 14.3. The normalized spacial score (nSPS) is 20.8. The second-order valence-electron chi connectivity index (χ2n) is 6.51. The molecule has 112 valence electrons. The average Bonchev–Trinajstić information content (AvgIpc) is 2.91. The zero-order valence-corrected chi connectivity index (χ0v) is 13.3. The van der Waals surface area contributed by atoms with Crippen LogP contribution in [0.4, 0.5) is 5.82 Å². The number of hydrogen-bond acceptors (Lipinski definition) is 5. The van der Waals surface area contributed by atoms with Crippen LogP contribution < -0.4 is 5.32 Å². The molecule has 1 saturated carbocycles. The van der Waals surface area contributed by atoms with Gasteiger partial charge in [-0.05, 0) is 37.2 Å². The van der Waals surface area contributed by atoms with Crippen LogP contribution in [0.2, 0.25) is 0 Å². The SMILES string of the molecule is Cc1c(C(=O)O)sc2ncnc(NC3CCC(C)(C)C3)c12. The third kappa shape index (κ3) is 2.60. The standard InChI is InChI=1S/C15H19N3O2S/c1-8-10-12(18-9-4-5-15(2,3)6-9)16-7-17-13(10)21-11(8)14(19)20/h7,9H,4-6H2,1-3H3,(H,19,20)(H,16,17,18). The minimum absolute atomic E-state index is 0.348. The zero-order chi connectivity index (χ0) is 15.2. The molecule has 6 heteroatoms. The maximum Gasteiger partial charge on any atom is 0.346 e. The lowest BCUT2D eigenvalue weighted by Crippen LogP contribution is -2.18. The molecule has 2 aromatic rings.